The standard InChI is InChI=1S/C10H14N4O/c1-6(2)8-10(15)13-9(12-8)7-4-11-5-14(7)3/h4-6,8H,1-3H3,(H,12,13,15). The van der Waals surface area contributed by atoms with Gasteiger partial charge in [0, 0.05) is 7.05 Å². The van der Waals surface area contributed by atoms with E-state index in [0.717, 1.165) is 5.69 Å². The Kier molecular flexibility index (Phi) is 2.30. The molecule has 1 aromatic rings. The summed E-state index contributed by atoms with van der Waals surface area (Å²) in [4.78, 5) is 19.9. The molecule has 0 spiro atoms. The van der Waals surface area contributed by atoms with E-state index < -0.39 is 0 Å². The molecule has 0 saturated carbocycles. The third-order valence-electron chi connectivity index (χ3n) is 2.47. The molecule has 0 saturated heterocycles. The maximum Gasteiger partial charge on any atom is 0.250 e. The number of aromatic nitrogens is 2. The summed E-state index contributed by atoms with van der Waals surface area (Å²) in [6, 6.07) is -0.269. The lowest BCUT2D eigenvalue weighted by atomic mass is 10.1. The highest BCUT2D eigenvalue weighted by Crippen LogP contribution is 2.14. The van der Waals surface area contributed by atoms with Gasteiger partial charge in [0.2, 0.25) is 0 Å². The molecule has 0 aliphatic carbocycles. The first kappa shape index (κ1) is 9.89. The molecule has 1 unspecified atom stereocenters. The topological polar surface area (TPSA) is 59.3 Å². The number of amides is 1. The number of imidazole rings is 1. The van der Waals surface area contributed by atoms with Crippen molar-refractivity contribution in [1.82, 2.24) is 14.9 Å². The number of nitrogens with zero attached hydrogens (tertiary/aromatic N) is 3. The summed E-state index contributed by atoms with van der Waals surface area (Å²) < 4.78 is 1.84. The zero-order valence-electron chi connectivity index (χ0n) is 9.06. The highest BCUT2D eigenvalue weighted by Gasteiger charge is 2.30. The highest BCUT2D eigenvalue weighted by atomic mass is 16.2. The van der Waals surface area contributed by atoms with Gasteiger partial charge in [-0.15, -0.1) is 0 Å². The van der Waals surface area contributed by atoms with Gasteiger partial charge in [-0.2, -0.15) is 0 Å². The minimum Gasteiger partial charge on any atom is -0.331 e. The molecule has 2 rings (SSSR count). The molecule has 1 atom stereocenters. The largest absolute Gasteiger partial charge is 0.331 e. The monoisotopic (exact) mass is 206 g/mol. The van der Waals surface area contributed by atoms with Crippen LogP contribution in [0.1, 0.15) is 19.5 Å². The summed E-state index contributed by atoms with van der Waals surface area (Å²) in [6.07, 6.45) is 3.38. The fraction of sp³-hybridized carbons (Fsp3) is 0.500. The Morgan fingerprint density at radius 1 is 1.53 bits per heavy atom. The number of amidine groups is 1. The van der Waals surface area contributed by atoms with Gasteiger partial charge in [0.1, 0.15) is 11.7 Å². The first-order chi connectivity index (χ1) is 7.09. The van der Waals surface area contributed by atoms with Crippen LogP contribution in [0.15, 0.2) is 17.5 Å². The van der Waals surface area contributed by atoms with Gasteiger partial charge in [0.05, 0.1) is 12.5 Å². The van der Waals surface area contributed by atoms with Gasteiger partial charge in [-0.3, -0.25) is 9.79 Å². The van der Waals surface area contributed by atoms with E-state index >= 15 is 0 Å². The van der Waals surface area contributed by atoms with E-state index in [1.165, 1.54) is 0 Å². The Morgan fingerprint density at radius 2 is 2.27 bits per heavy atom. The second-order valence-corrected chi connectivity index (χ2v) is 4.05. The van der Waals surface area contributed by atoms with Gasteiger partial charge >= 0.3 is 0 Å². The quantitative estimate of drug-likeness (QED) is 0.757. The summed E-state index contributed by atoms with van der Waals surface area (Å²) in [7, 11) is 1.87. The zero-order valence-corrected chi connectivity index (χ0v) is 9.06. The van der Waals surface area contributed by atoms with Crippen molar-refractivity contribution in [1.29, 1.82) is 0 Å². The fourth-order valence-electron chi connectivity index (χ4n) is 1.59. The van der Waals surface area contributed by atoms with Crippen molar-refractivity contribution in [3.63, 3.8) is 0 Å². The Labute approximate surface area is 88.2 Å². The number of aliphatic imine (C=N–C) groups is 1. The molecule has 0 radical (unpaired) electrons. The molecule has 1 aliphatic rings. The van der Waals surface area contributed by atoms with Gasteiger partial charge < -0.3 is 9.88 Å². The van der Waals surface area contributed by atoms with Gasteiger partial charge in [-0.1, -0.05) is 13.8 Å². The van der Waals surface area contributed by atoms with Crippen LogP contribution in [0.25, 0.3) is 0 Å². The summed E-state index contributed by atoms with van der Waals surface area (Å²) in [5.74, 6) is 0.815. The van der Waals surface area contributed by atoms with Gasteiger partial charge in [-0.05, 0) is 5.92 Å². The number of carbonyl (C=O) groups is 1. The first-order valence-electron chi connectivity index (χ1n) is 4.95. The predicted octanol–water partition coefficient (Wildman–Crippen LogP) is 0.321. The van der Waals surface area contributed by atoms with Crippen LogP contribution in [0.5, 0.6) is 0 Å². The molecule has 0 fully saturated rings. The average molecular weight is 206 g/mol. The lowest BCUT2D eigenvalue weighted by Crippen LogP contribution is -2.32. The van der Waals surface area contributed by atoms with Crippen molar-refractivity contribution in [2.45, 2.75) is 19.9 Å². The number of carbonyl (C=O) groups excluding carboxylic acids is 1. The van der Waals surface area contributed by atoms with E-state index in [1.807, 2.05) is 25.5 Å². The lowest BCUT2D eigenvalue weighted by molar-refractivity contribution is -0.120. The molecule has 0 aromatic carbocycles. The average Bonchev–Trinajstić information content (AvgIpc) is 2.71. The lowest BCUT2D eigenvalue weighted by Gasteiger charge is -2.06. The summed E-state index contributed by atoms with van der Waals surface area (Å²) in [5, 5.41) is 2.78. The van der Waals surface area contributed by atoms with Crippen LogP contribution in [0.2, 0.25) is 0 Å². The number of hydrogen-bond donors (Lipinski definition) is 1. The van der Waals surface area contributed by atoms with E-state index in [2.05, 4.69) is 15.3 Å². The molecule has 5 nitrogen and oxygen atoms in total. The Hall–Kier alpha value is -1.65. The molecule has 1 aromatic heterocycles. The first-order valence-corrected chi connectivity index (χ1v) is 4.95. The molecule has 2 heterocycles. The van der Waals surface area contributed by atoms with Crippen molar-refractivity contribution in [2.24, 2.45) is 18.0 Å². The van der Waals surface area contributed by atoms with E-state index in [-0.39, 0.29) is 17.9 Å². The normalized spacial score (nSPS) is 20.7. The molecule has 5 heteroatoms. The van der Waals surface area contributed by atoms with Crippen LogP contribution in [0.3, 0.4) is 0 Å². The van der Waals surface area contributed by atoms with E-state index in [0.29, 0.717) is 5.84 Å². The molecular formula is C10H14N4O. The van der Waals surface area contributed by atoms with Crippen molar-refractivity contribution < 1.29 is 4.79 Å². The van der Waals surface area contributed by atoms with Crippen molar-refractivity contribution in [3.8, 4) is 0 Å². The fourth-order valence-corrected chi connectivity index (χ4v) is 1.59. The van der Waals surface area contributed by atoms with Crippen LogP contribution < -0.4 is 5.32 Å². The molecule has 0 bridgehead atoms. The number of nitrogens with one attached hydrogen (secondary N) is 1. The molecule has 1 N–H and O–H groups in total. The number of rotatable bonds is 2. The third-order valence-corrected chi connectivity index (χ3v) is 2.47. The highest BCUT2D eigenvalue weighted by molar-refractivity contribution is 6.12. The maximum atomic E-state index is 11.6. The van der Waals surface area contributed by atoms with Crippen LogP contribution in [-0.4, -0.2) is 27.3 Å². The van der Waals surface area contributed by atoms with Crippen LogP contribution in [-0.2, 0) is 11.8 Å². The minimum absolute atomic E-state index is 0.0267. The Morgan fingerprint density at radius 3 is 2.73 bits per heavy atom. The summed E-state index contributed by atoms with van der Waals surface area (Å²) in [6.45, 7) is 3.97. The van der Waals surface area contributed by atoms with Crippen LogP contribution in [0, 0.1) is 5.92 Å². The smallest absolute Gasteiger partial charge is 0.250 e. The predicted molar refractivity (Wildman–Crippen MR) is 56.5 cm³/mol. The van der Waals surface area contributed by atoms with E-state index in [4.69, 9.17) is 0 Å². The molecule has 1 aliphatic heterocycles. The molecular weight excluding hydrogens is 192 g/mol. The van der Waals surface area contributed by atoms with E-state index in [9.17, 15) is 4.79 Å². The maximum absolute atomic E-state index is 11.6. The van der Waals surface area contributed by atoms with Gasteiger partial charge in [0.25, 0.3) is 5.91 Å². The third kappa shape index (κ3) is 1.65. The SMILES string of the molecule is CC(C)C1N=C(c2cncn2C)NC1=O. The molecule has 80 valence electrons. The number of aryl methyl sites for hydroxylation is 1. The minimum atomic E-state index is -0.269. The molecule has 1 amide bonds. The van der Waals surface area contributed by atoms with Crippen LogP contribution in [0.4, 0.5) is 0 Å². The Balaban J connectivity index is 2.30. The summed E-state index contributed by atoms with van der Waals surface area (Å²) in [5.41, 5.74) is 0.839. The van der Waals surface area contributed by atoms with Crippen molar-refractivity contribution in [2.75, 3.05) is 0 Å². The second kappa shape index (κ2) is 3.49. The Bertz CT molecular complexity index is 419. The zero-order chi connectivity index (χ0) is 11.0. The van der Waals surface area contributed by atoms with Gasteiger partial charge in [-0.25, -0.2) is 4.98 Å². The van der Waals surface area contributed by atoms with Crippen molar-refractivity contribution >= 4 is 11.7 Å². The molecule has 15 heavy (non-hydrogen) atoms. The van der Waals surface area contributed by atoms with E-state index in [1.54, 1.807) is 12.5 Å². The second-order valence-electron chi connectivity index (χ2n) is 4.05. The van der Waals surface area contributed by atoms with Crippen LogP contribution >= 0.6 is 0 Å². The van der Waals surface area contributed by atoms with Gasteiger partial charge in [0.15, 0.2) is 5.84 Å². The summed E-state index contributed by atoms with van der Waals surface area (Å²) >= 11 is 0. The number of hydrogen-bond acceptors (Lipinski definition) is 3. The van der Waals surface area contributed by atoms with Crippen molar-refractivity contribution in [3.05, 3.63) is 18.2 Å².